The van der Waals surface area contributed by atoms with E-state index >= 15 is 0 Å². The molecule has 1 atom stereocenters. The van der Waals surface area contributed by atoms with Crippen molar-refractivity contribution < 1.29 is 14.0 Å². The van der Waals surface area contributed by atoms with E-state index in [2.05, 4.69) is 10.6 Å². The van der Waals surface area contributed by atoms with Gasteiger partial charge in [0.05, 0.1) is 6.54 Å². The van der Waals surface area contributed by atoms with Gasteiger partial charge in [0.1, 0.15) is 5.82 Å². The van der Waals surface area contributed by atoms with Crippen molar-refractivity contribution >= 4 is 17.5 Å². The molecule has 0 bridgehead atoms. The molecular weight excluding hydrogens is 333 g/mol. The largest absolute Gasteiger partial charge is 0.352 e. The lowest BCUT2D eigenvalue weighted by molar-refractivity contribution is -0.117. The summed E-state index contributed by atoms with van der Waals surface area (Å²) in [5.74, 6) is -0.645. The Labute approximate surface area is 153 Å². The minimum atomic E-state index is -0.284. The molecule has 0 fully saturated rings. The molecule has 0 aliphatic heterocycles. The molecular formula is C20H24FN3O2. The first-order valence-corrected chi connectivity index (χ1v) is 8.54. The predicted octanol–water partition coefficient (Wildman–Crippen LogP) is 3.21. The number of benzene rings is 2. The average Bonchev–Trinajstić information content (AvgIpc) is 2.62. The fourth-order valence-corrected chi connectivity index (χ4v) is 2.56. The van der Waals surface area contributed by atoms with Crippen LogP contribution in [0.2, 0.25) is 0 Å². The Morgan fingerprint density at radius 1 is 1.15 bits per heavy atom. The second-order valence-corrected chi connectivity index (χ2v) is 6.13. The molecule has 1 unspecified atom stereocenters. The van der Waals surface area contributed by atoms with Crippen LogP contribution in [-0.4, -0.2) is 36.9 Å². The molecule has 0 heterocycles. The SMILES string of the molecule is CCNC(=O)c1cccc(NC(=O)CN(C)C(C)c2ccc(F)cc2)c1. The van der Waals surface area contributed by atoms with Gasteiger partial charge in [-0.25, -0.2) is 4.39 Å². The van der Waals surface area contributed by atoms with Crippen molar-refractivity contribution in [1.29, 1.82) is 0 Å². The monoisotopic (exact) mass is 357 g/mol. The van der Waals surface area contributed by atoms with E-state index in [1.165, 1.54) is 12.1 Å². The van der Waals surface area contributed by atoms with Gasteiger partial charge in [-0.2, -0.15) is 0 Å². The number of hydrogen-bond acceptors (Lipinski definition) is 3. The van der Waals surface area contributed by atoms with Gasteiger partial charge in [0.15, 0.2) is 0 Å². The quantitative estimate of drug-likeness (QED) is 0.800. The van der Waals surface area contributed by atoms with Crippen LogP contribution in [0.4, 0.5) is 10.1 Å². The van der Waals surface area contributed by atoms with Crippen LogP contribution in [0.3, 0.4) is 0 Å². The maximum Gasteiger partial charge on any atom is 0.251 e. The zero-order chi connectivity index (χ0) is 19.1. The van der Waals surface area contributed by atoms with Crippen molar-refractivity contribution in [3.63, 3.8) is 0 Å². The van der Waals surface area contributed by atoms with E-state index in [-0.39, 0.29) is 30.2 Å². The summed E-state index contributed by atoms with van der Waals surface area (Å²) in [6.07, 6.45) is 0. The Morgan fingerprint density at radius 2 is 1.85 bits per heavy atom. The number of hydrogen-bond donors (Lipinski definition) is 2. The molecule has 2 amide bonds. The van der Waals surface area contributed by atoms with Gasteiger partial charge in [-0.3, -0.25) is 14.5 Å². The second-order valence-electron chi connectivity index (χ2n) is 6.13. The summed E-state index contributed by atoms with van der Waals surface area (Å²) in [5, 5.41) is 5.53. The molecule has 6 heteroatoms. The van der Waals surface area contributed by atoms with Gasteiger partial charge in [0.2, 0.25) is 5.91 Å². The summed E-state index contributed by atoms with van der Waals surface area (Å²) in [5.41, 5.74) is 2.00. The molecule has 5 nitrogen and oxygen atoms in total. The molecule has 0 aliphatic carbocycles. The van der Waals surface area contributed by atoms with Crippen molar-refractivity contribution in [3.8, 4) is 0 Å². The first kappa shape index (κ1) is 19.6. The fourth-order valence-electron chi connectivity index (χ4n) is 2.56. The van der Waals surface area contributed by atoms with E-state index in [9.17, 15) is 14.0 Å². The number of amides is 2. The highest BCUT2D eigenvalue weighted by Crippen LogP contribution is 2.19. The van der Waals surface area contributed by atoms with Crippen molar-refractivity contribution in [2.24, 2.45) is 0 Å². The van der Waals surface area contributed by atoms with Crippen molar-refractivity contribution in [1.82, 2.24) is 10.2 Å². The molecule has 2 rings (SSSR count). The van der Waals surface area contributed by atoms with Gasteiger partial charge in [0.25, 0.3) is 5.91 Å². The highest BCUT2D eigenvalue weighted by atomic mass is 19.1. The third-order valence-corrected chi connectivity index (χ3v) is 4.15. The minimum absolute atomic E-state index is 0.0389. The molecule has 26 heavy (non-hydrogen) atoms. The summed E-state index contributed by atoms with van der Waals surface area (Å²) in [6, 6.07) is 13.0. The van der Waals surface area contributed by atoms with Crippen LogP contribution in [0.15, 0.2) is 48.5 Å². The maximum absolute atomic E-state index is 13.0. The lowest BCUT2D eigenvalue weighted by Gasteiger charge is -2.24. The number of halogens is 1. The van der Waals surface area contributed by atoms with Crippen molar-refractivity contribution in [3.05, 3.63) is 65.5 Å². The van der Waals surface area contributed by atoms with Crippen LogP contribution in [0.5, 0.6) is 0 Å². The van der Waals surface area contributed by atoms with Crippen molar-refractivity contribution in [2.75, 3.05) is 25.5 Å². The Hall–Kier alpha value is -2.73. The highest BCUT2D eigenvalue weighted by Gasteiger charge is 2.15. The van der Waals surface area contributed by atoms with Crippen LogP contribution >= 0.6 is 0 Å². The molecule has 0 aromatic heterocycles. The molecule has 2 aromatic carbocycles. The first-order chi connectivity index (χ1) is 12.4. The number of rotatable bonds is 7. The number of anilines is 1. The highest BCUT2D eigenvalue weighted by molar-refractivity contribution is 5.97. The summed E-state index contributed by atoms with van der Waals surface area (Å²) in [7, 11) is 1.83. The average molecular weight is 357 g/mol. The fraction of sp³-hybridized carbons (Fsp3) is 0.300. The summed E-state index contributed by atoms with van der Waals surface area (Å²) >= 11 is 0. The summed E-state index contributed by atoms with van der Waals surface area (Å²) in [4.78, 5) is 26.0. The second kappa shape index (κ2) is 9.10. The Kier molecular flexibility index (Phi) is 6.86. The van der Waals surface area contributed by atoms with E-state index < -0.39 is 0 Å². The van der Waals surface area contributed by atoms with Gasteiger partial charge in [-0.15, -0.1) is 0 Å². The smallest absolute Gasteiger partial charge is 0.251 e. The third kappa shape index (κ3) is 5.39. The molecule has 0 radical (unpaired) electrons. The van der Waals surface area contributed by atoms with E-state index in [1.807, 2.05) is 25.8 Å². The topological polar surface area (TPSA) is 61.4 Å². The number of nitrogens with zero attached hydrogens (tertiary/aromatic N) is 1. The maximum atomic E-state index is 13.0. The van der Waals surface area contributed by atoms with E-state index in [0.717, 1.165) is 5.56 Å². The molecule has 2 N–H and O–H groups in total. The lowest BCUT2D eigenvalue weighted by atomic mass is 10.1. The number of carbonyl (C=O) groups excluding carboxylic acids is 2. The molecule has 0 saturated heterocycles. The Balaban J connectivity index is 1.96. The Bertz CT molecular complexity index is 762. The first-order valence-electron chi connectivity index (χ1n) is 8.54. The van der Waals surface area contributed by atoms with E-state index in [1.54, 1.807) is 36.4 Å². The number of carbonyl (C=O) groups is 2. The van der Waals surface area contributed by atoms with Crippen LogP contribution in [0.25, 0.3) is 0 Å². The van der Waals surface area contributed by atoms with Crippen LogP contribution in [0, 0.1) is 5.82 Å². The minimum Gasteiger partial charge on any atom is -0.352 e. The van der Waals surface area contributed by atoms with Gasteiger partial charge >= 0.3 is 0 Å². The Morgan fingerprint density at radius 3 is 2.50 bits per heavy atom. The van der Waals surface area contributed by atoms with Gasteiger partial charge in [0, 0.05) is 23.8 Å². The standard InChI is InChI=1S/C20H24FN3O2/c1-4-22-20(26)16-6-5-7-18(12-16)23-19(25)13-24(3)14(2)15-8-10-17(21)11-9-15/h5-12,14H,4,13H2,1-3H3,(H,22,26)(H,23,25). The molecule has 0 spiro atoms. The van der Waals surface area contributed by atoms with Crippen LogP contribution in [-0.2, 0) is 4.79 Å². The number of likely N-dealkylation sites (N-methyl/N-ethyl adjacent to an activating group) is 1. The van der Waals surface area contributed by atoms with Crippen molar-refractivity contribution in [2.45, 2.75) is 19.9 Å². The van der Waals surface area contributed by atoms with E-state index in [0.29, 0.717) is 17.8 Å². The normalized spacial score (nSPS) is 11.9. The number of nitrogens with one attached hydrogen (secondary N) is 2. The predicted molar refractivity (Wildman–Crippen MR) is 101 cm³/mol. The van der Waals surface area contributed by atoms with Gasteiger partial charge in [-0.1, -0.05) is 18.2 Å². The zero-order valence-corrected chi connectivity index (χ0v) is 15.3. The van der Waals surface area contributed by atoms with Crippen LogP contribution < -0.4 is 10.6 Å². The third-order valence-electron chi connectivity index (χ3n) is 4.15. The van der Waals surface area contributed by atoms with Crippen LogP contribution in [0.1, 0.15) is 35.8 Å². The summed E-state index contributed by atoms with van der Waals surface area (Å²) in [6.45, 7) is 4.52. The lowest BCUT2D eigenvalue weighted by Crippen LogP contribution is -2.32. The van der Waals surface area contributed by atoms with Gasteiger partial charge in [-0.05, 0) is 56.8 Å². The zero-order valence-electron chi connectivity index (χ0n) is 15.3. The molecule has 2 aromatic rings. The molecule has 0 saturated carbocycles. The molecule has 138 valence electrons. The molecule has 0 aliphatic rings. The summed E-state index contributed by atoms with van der Waals surface area (Å²) < 4.78 is 13.0. The van der Waals surface area contributed by atoms with E-state index in [4.69, 9.17) is 0 Å². The van der Waals surface area contributed by atoms with Gasteiger partial charge < -0.3 is 10.6 Å².